The highest BCUT2D eigenvalue weighted by molar-refractivity contribution is 8.15. The summed E-state index contributed by atoms with van der Waals surface area (Å²) in [5.41, 5.74) is 4.85. The molecule has 2 aliphatic heterocycles. The fourth-order valence-corrected chi connectivity index (χ4v) is 4.44. The summed E-state index contributed by atoms with van der Waals surface area (Å²) in [4.78, 5) is 29.7. The number of nitrogens with zero attached hydrogens (tertiary/aromatic N) is 1. The van der Waals surface area contributed by atoms with Gasteiger partial charge in [0.1, 0.15) is 0 Å². The highest BCUT2D eigenvalue weighted by atomic mass is 32.2. The Labute approximate surface area is 162 Å². The summed E-state index contributed by atoms with van der Waals surface area (Å²) < 4.78 is 0. The van der Waals surface area contributed by atoms with Crippen molar-refractivity contribution in [2.24, 2.45) is 4.99 Å². The highest BCUT2D eigenvalue weighted by Gasteiger charge is 2.34. The van der Waals surface area contributed by atoms with E-state index in [0.29, 0.717) is 10.9 Å². The number of ketones is 1. The van der Waals surface area contributed by atoms with E-state index in [0.717, 1.165) is 36.2 Å². The van der Waals surface area contributed by atoms with Crippen LogP contribution in [-0.2, 0) is 9.59 Å². The van der Waals surface area contributed by atoms with E-state index in [1.807, 2.05) is 37.3 Å². The molecule has 0 radical (unpaired) electrons. The number of nitrogens with one attached hydrogen (secondary N) is 2. The normalized spacial score (nSPS) is 23.0. The second-order valence-electron chi connectivity index (χ2n) is 6.78. The molecule has 138 valence electrons. The number of thioether (sulfide) groups is 1. The quantitative estimate of drug-likeness (QED) is 0.842. The van der Waals surface area contributed by atoms with E-state index in [1.54, 1.807) is 0 Å². The van der Waals surface area contributed by atoms with Gasteiger partial charge in [0.25, 0.3) is 0 Å². The lowest BCUT2D eigenvalue weighted by Gasteiger charge is -2.25. The van der Waals surface area contributed by atoms with Crippen LogP contribution in [0.1, 0.15) is 24.8 Å². The van der Waals surface area contributed by atoms with Crippen molar-refractivity contribution in [2.75, 3.05) is 6.54 Å². The van der Waals surface area contributed by atoms with Crippen molar-refractivity contribution in [3.63, 3.8) is 0 Å². The molecule has 1 fully saturated rings. The number of hydrogen-bond donors (Lipinski definition) is 2. The van der Waals surface area contributed by atoms with Crippen molar-refractivity contribution in [1.82, 2.24) is 10.6 Å². The molecule has 3 aliphatic rings. The Kier molecular flexibility index (Phi) is 4.99. The van der Waals surface area contributed by atoms with Gasteiger partial charge < -0.3 is 10.6 Å². The summed E-state index contributed by atoms with van der Waals surface area (Å²) in [5.74, 6) is -0.155. The Balaban J connectivity index is 1.49. The van der Waals surface area contributed by atoms with Gasteiger partial charge in [-0.15, -0.1) is 0 Å². The first-order valence-corrected chi connectivity index (χ1v) is 9.98. The first kappa shape index (κ1) is 17.8. The number of amides is 1. The van der Waals surface area contributed by atoms with Crippen LogP contribution in [0.5, 0.6) is 0 Å². The molecule has 1 atom stereocenters. The van der Waals surface area contributed by atoms with Gasteiger partial charge in [-0.3, -0.25) is 9.59 Å². The molecular weight excluding hydrogens is 358 g/mol. The molecule has 0 spiro atoms. The molecule has 1 unspecified atom stereocenters. The topological polar surface area (TPSA) is 70.6 Å². The molecule has 1 aromatic rings. The lowest BCUT2D eigenvalue weighted by atomic mass is 9.89. The van der Waals surface area contributed by atoms with Gasteiger partial charge in [-0.05, 0) is 42.5 Å². The first-order valence-electron chi connectivity index (χ1n) is 9.10. The van der Waals surface area contributed by atoms with E-state index >= 15 is 0 Å². The fourth-order valence-electron chi connectivity index (χ4n) is 3.46. The average molecular weight is 379 g/mol. The summed E-state index contributed by atoms with van der Waals surface area (Å²) in [6.07, 6.45) is 8.05. The van der Waals surface area contributed by atoms with E-state index in [4.69, 9.17) is 0 Å². The smallest absolute Gasteiger partial charge is 0.240 e. The van der Waals surface area contributed by atoms with Crippen molar-refractivity contribution in [1.29, 1.82) is 0 Å². The zero-order chi connectivity index (χ0) is 18.8. The van der Waals surface area contributed by atoms with E-state index in [-0.39, 0.29) is 18.1 Å². The molecule has 0 saturated carbocycles. The Morgan fingerprint density at radius 1 is 1.33 bits per heavy atom. The number of carbonyl (C=O) groups is 2. The number of hydrogen-bond acceptors (Lipinski definition) is 5. The Bertz CT molecular complexity index is 927. The monoisotopic (exact) mass is 379 g/mol. The van der Waals surface area contributed by atoms with E-state index in [1.165, 1.54) is 17.3 Å². The minimum Gasteiger partial charge on any atom is -0.382 e. The van der Waals surface area contributed by atoms with Gasteiger partial charge in [0.15, 0.2) is 11.0 Å². The summed E-state index contributed by atoms with van der Waals surface area (Å²) in [5, 5.41) is 6.17. The number of amidine groups is 1. The fraction of sp³-hybridized carbons (Fsp3) is 0.286. The third kappa shape index (κ3) is 3.76. The number of aliphatic imine (C=N–C) groups is 1. The van der Waals surface area contributed by atoms with E-state index in [2.05, 4.69) is 27.8 Å². The predicted octanol–water partition coefficient (Wildman–Crippen LogP) is 3.31. The Morgan fingerprint density at radius 3 is 3.04 bits per heavy atom. The second kappa shape index (κ2) is 7.56. The summed E-state index contributed by atoms with van der Waals surface area (Å²) in [6.45, 7) is 2.74. The van der Waals surface area contributed by atoms with E-state index in [9.17, 15) is 9.59 Å². The lowest BCUT2D eigenvalue weighted by Crippen LogP contribution is -2.32. The Morgan fingerprint density at radius 2 is 2.19 bits per heavy atom. The van der Waals surface area contributed by atoms with Crippen LogP contribution >= 0.6 is 11.8 Å². The van der Waals surface area contributed by atoms with Crippen LogP contribution in [0, 0.1) is 6.92 Å². The number of Topliss-reactive ketones (excluding diaryl/α,β-unsaturated/α-hetero) is 1. The van der Waals surface area contributed by atoms with Crippen LogP contribution in [0.3, 0.4) is 0 Å². The van der Waals surface area contributed by atoms with Gasteiger partial charge >= 0.3 is 0 Å². The predicted molar refractivity (Wildman–Crippen MR) is 109 cm³/mol. The van der Waals surface area contributed by atoms with E-state index < -0.39 is 5.25 Å². The minimum atomic E-state index is -0.441. The van der Waals surface area contributed by atoms with Gasteiger partial charge in [0.2, 0.25) is 5.91 Å². The number of para-hydroxylation sites is 1. The van der Waals surface area contributed by atoms with Crippen molar-refractivity contribution in [2.45, 2.75) is 31.4 Å². The zero-order valence-electron chi connectivity index (χ0n) is 15.1. The third-order valence-corrected chi connectivity index (χ3v) is 5.99. The largest absolute Gasteiger partial charge is 0.382 e. The van der Waals surface area contributed by atoms with Crippen molar-refractivity contribution in [3.8, 4) is 0 Å². The first-order chi connectivity index (χ1) is 13.1. The van der Waals surface area contributed by atoms with Gasteiger partial charge in [0.05, 0.1) is 16.6 Å². The van der Waals surface area contributed by atoms with Gasteiger partial charge in [-0.1, -0.05) is 48.2 Å². The van der Waals surface area contributed by atoms with Crippen molar-refractivity contribution >= 4 is 34.3 Å². The number of benzene rings is 1. The van der Waals surface area contributed by atoms with Gasteiger partial charge in [0, 0.05) is 13.0 Å². The number of allylic oxidation sites excluding steroid dienone is 5. The molecule has 0 bridgehead atoms. The molecule has 1 aromatic carbocycles. The summed E-state index contributed by atoms with van der Waals surface area (Å²) in [7, 11) is 0. The second-order valence-corrected chi connectivity index (χ2v) is 7.97. The maximum absolute atomic E-state index is 12.9. The van der Waals surface area contributed by atoms with Gasteiger partial charge in [-0.25, -0.2) is 4.99 Å². The number of carbonyl (C=O) groups excluding carboxylic acids is 2. The van der Waals surface area contributed by atoms with Crippen molar-refractivity contribution in [3.05, 3.63) is 64.9 Å². The van der Waals surface area contributed by atoms with Crippen LogP contribution in [0.2, 0.25) is 0 Å². The molecular formula is C21H21N3O2S. The van der Waals surface area contributed by atoms with Crippen LogP contribution in [0.4, 0.5) is 5.69 Å². The number of aryl methyl sites for hydroxylation is 1. The molecule has 27 heavy (non-hydrogen) atoms. The molecule has 0 aromatic heterocycles. The molecule has 1 aliphatic carbocycles. The molecule has 4 rings (SSSR count). The standard InChI is InChI=1S/C21H21N3O2S/c1-13-6-2-5-9-16(13)23-21-24-20(26)18(27-21)12-17(25)19-15-8-4-3-7-14(15)10-11-22-19/h2-7,9,18,22H,8,10-12H2,1H3,(H,23,24,26). The molecule has 2 N–H and O–H groups in total. The van der Waals surface area contributed by atoms with Crippen LogP contribution in [-0.4, -0.2) is 28.7 Å². The lowest BCUT2D eigenvalue weighted by molar-refractivity contribution is -0.122. The van der Waals surface area contributed by atoms with Gasteiger partial charge in [-0.2, -0.15) is 0 Å². The number of rotatable bonds is 4. The number of fused-ring (bicyclic) bond motifs is 1. The highest BCUT2D eigenvalue weighted by Crippen LogP contribution is 2.31. The SMILES string of the molecule is Cc1ccccc1N=C1NC(=O)C(CC(=O)C2=C3CC=CC=C3CCN2)S1. The van der Waals surface area contributed by atoms with Crippen LogP contribution in [0.25, 0.3) is 0 Å². The molecule has 1 amide bonds. The molecule has 2 heterocycles. The zero-order valence-corrected chi connectivity index (χ0v) is 15.9. The average Bonchev–Trinajstić information content (AvgIpc) is 3.02. The molecule has 1 saturated heterocycles. The summed E-state index contributed by atoms with van der Waals surface area (Å²) in [6, 6.07) is 7.77. The molecule has 6 heteroatoms. The molecule has 5 nitrogen and oxygen atoms in total. The summed E-state index contributed by atoms with van der Waals surface area (Å²) >= 11 is 1.33. The third-order valence-electron chi connectivity index (χ3n) is 4.90. The van der Waals surface area contributed by atoms with Crippen LogP contribution < -0.4 is 10.6 Å². The minimum absolute atomic E-state index is 0.00399. The van der Waals surface area contributed by atoms with Crippen LogP contribution in [0.15, 0.2) is 64.3 Å². The Hall–Kier alpha value is -2.60. The maximum atomic E-state index is 12.9. The van der Waals surface area contributed by atoms with Crippen molar-refractivity contribution < 1.29 is 9.59 Å². The maximum Gasteiger partial charge on any atom is 0.240 e.